The van der Waals surface area contributed by atoms with Crippen LogP contribution in [0.5, 0.6) is 17.2 Å². The standard InChI is InChI=1S/C49H55N3O14/c1-22-11-10-12-23(2)48(59)51-38-41(57)34-33(37-45(38)64-32-20-29(19-30(54)36(32)50-37)61-21-28-13-16-52(8)17-14-28)35-43(25(4)39(34)55)66-49(7,47(35)58)62-18-15-31(60-9)24(3)44(63-27(6)53)46-40(56)26(5)42(22)65-46/h10-12,15,18-20,24,26,28,31,40,42,44,46,55-56,58H,1,13-14,16-17,21H2,2-9H3,(H,51,59)/b11-10+,18-15+,23-12-/t24-,26+,31+,40-,42+,44-,46-,49+/m1/s1. The predicted molar refractivity (Wildman–Crippen MR) is 244 cm³/mol. The molecule has 5 aliphatic heterocycles. The molecule has 6 heterocycles. The van der Waals surface area contributed by atoms with Crippen molar-refractivity contribution in [1.29, 1.82) is 0 Å². The molecule has 2 fully saturated rings. The maximum absolute atomic E-state index is 14.8. The Labute approximate surface area is 379 Å². The number of piperidine rings is 1. The summed E-state index contributed by atoms with van der Waals surface area (Å²) in [5, 5.41) is 37.6. The minimum absolute atomic E-state index is 0.0435. The van der Waals surface area contributed by atoms with Crippen molar-refractivity contribution in [2.24, 2.45) is 17.8 Å². The Morgan fingerprint density at radius 2 is 1.80 bits per heavy atom. The number of benzene rings is 3. The molecule has 5 aliphatic rings. The first-order valence-electron chi connectivity index (χ1n) is 21.9. The summed E-state index contributed by atoms with van der Waals surface area (Å²) in [5.74, 6) is -5.09. The summed E-state index contributed by atoms with van der Waals surface area (Å²) in [6.45, 7) is 15.6. The third-order valence-corrected chi connectivity index (χ3v) is 13.3. The minimum atomic E-state index is -1.99. The molecule has 66 heavy (non-hydrogen) atoms. The van der Waals surface area contributed by atoms with Crippen LogP contribution in [-0.2, 0) is 28.5 Å². The lowest BCUT2D eigenvalue weighted by Gasteiger charge is -2.33. The average molecular weight is 910 g/mol. The molecule has 2 saturated heterocycles. The van der Waals surface area contributed by atoms with Crippen LogP contribution in [0, 0.1) is 24.7 Å². The molecule has 4 aromatic rings. The van der Waals surface area contributed by atoms with E-state index in [1.54, 1.807) is 26.0 Å². The van der Waals surface area contributed by atoms with Crippen molar-refractivity contribution in [2.45, 2.75) is 90.7 Å². The highest BCUT2D eigenvalue weighted by atomic mass is 16.7. The Morgan fingerprint density at radius 1 is 1.08 bits per heavy atom. The van der Waals surface area contributed by atoms with E-state index in [0.717, 1.165) is 25.9 Å². The zero-order chi connectivity index (χ0) is 47.5. The number of aromatic nitrogens is 1. The van der Waals surface area contributed by atoms with Crippen LogP contribution in [0.15, 0.2) is 74.4 Å². The second kappa shape index (κ2) is 17.8. The molecule has 17 heteroatoms. The number of allylic oxidation sites excluding steroid dienone is 2. The Hall–Kier alpha value is -6.27. The van der Waals surface area contributed by atoms with E-state index in [2.05, 4.69) is 23.8 Å². The molecular formula is C49H55N3O14. The van der Waals surface area contributed by atoms with E-state index < -0.39 is 88.1 Å². The number of rotatable bonds is 5. The molecule has 4 N–H and O–H groups in total. The Balaban J connectivity index is 1.33. The summed E-state index contributed by atoms with van der Waals surface area (Å²) in [5.41, 5.74) is -1.81. The zero-order valence-electron chi connectivity index (χ0n) is 38.1. The van der Waals surface area contributed by atoms with Gasteiger partial charge in [-0.1, -0.05) is 38.7 Å². The molecular weight excluding hydrogens is 855 g/mol. The number of amides is 1. The molecule has 0 spiro atoms. The second-order valence-electron chi connectivity index (χ2n) is 17.9. The number of aliphatic hydroxyl groups excluding tert-OH is 2. The number of hydrogen-bond acceptors (Lipinski definition) is 16. The fourth-order valence-electron chi connectivity index (χ4n) is 9.29. The molecule has 0 radical (unpaired) electrons. The number of carbonyl (C=O) groups is 2. The number of esters is 1. The smallest absolute Gasteiger partial charge is 0.307 e. The summed E-state index contributed by atoms with van der Waals surface area (Å²) in [6.07, 6.45) is 4.62. The number of fused-ring (bicyclic) bond motifs is 9. The number of phenolic OH excluding ortho intramolecular Hbond substituents is 1. The summed E-state index contributed by atoms with van der Waals surface area (Å²) in [7, 11) is 3.50. The maximum Gasteiger partial charge on any atom is 0.307 e. The first kappa shape index (κ1) is 46.3. The van der Waals surface area contributed by atoms with Gasteiger partial charge >= 0.3 is 11.8 Å². The number of hydrogen-bond donors (Lipinski definition) is 4. The molecule has 8 atom stereocenters. The Kier molecular flexibility index (Phi) is 12.5. The third kappa shape index (κ3) is 8.18. The fourth-order valence-corrected chi connectivity index (χ4v) is 9.29. The van der Waals surface area contributed by atoms with E-state index in [1.165, 1.54) is 65.4 Å². The molecule has 7 bridgehead atoms. The number of nitrogens with zero attached hydrogens (tertiary/aromatic N) is 2. The van der Waals surface area contributed by atoms with E-state index in [4.69, 9.17) is 37.8 Å². The third-order valence-electron chi connectivity index (χ3n) is 13.3. The van der Waals surface area contributed by atoms with Crippen LogP contribution in [-0.4, -0.2) is 107 Å². The number of ether oxygens (including phenoxy) is 6. The predicted octanol–water partition coefficient (Wildman–Crippen LogP) is 4.97. The van der Waals surface area contributed by atoms with E-state index in [-0.39, 0.29) is 66.7 Å². The minimum Gasteiger partial charge on any atom is -0.507 e. The largest absolute Gasteiger partial charge is 0.507 e. The van der Waals surface area contributed by atoms with Gasteiger partial charge in [-0.2, -0.15) is 0 Å². The number of aliphatic hydroxyl groups is 2. The van der Waals surface area contributed by atoms with Gasteiger partial charge in [0.15, 0.2) is 22.4 Å². The highest BCUT2D eigenvalue weighted by Crippen LogP contribution is 2.43. The summed E-state index contributed by atoms with van der Waals surface area (Å²) in [6, 6.07) is 2.80. The van der Waals surface area contributed by atoms with E-state index in [9.17, 15) is 34.5 Å². The van der Waals surface area contributed by atoms with Crippen molar-refractivity contribution in [1.82, 2.24) is 9.88 Å². The molecule has 0 unspecified atom stereocenters. The summed E-state index contributed by atoms with van der Waals surface area (Å²) in [4.78, 5) is 62.1. The monoisotopic (exact) mass is 909 g/mol. The van der Waals surface area contributed by atoms with Gasteiger partial charge in [0.1, 0.15) is 40.7 Å². The summed E-state index contributed by atoms with van der Waals surface area (Å²) < 4.78 is 42.8. The van der Waals surface area contributed by atoms with E-state index in [0.29, 0.717) is 12.2 Å². The number of carbonyl (C=O) groups excluding carboxylic acids is 2. The molecule has 17 nitrogen and oxygen atoms in total. The number of likely N-dealkylation sites (tertiary alicyclic amines) is 1. The quantitative estimate of drug-likeness (QED) is 0.118. The van der Waals surface area contributed by atoms with Crippen LogP contribution in [0.3, 0.4) is 0 Å². The molecule has 1 amide bonds. The Bertz CT molecular complexity index is 2930. The first-order valence-corrected chi connectivity index (χ1v) is 21.9. The van der Waals surface area contributed by atoms with Crippen molar-refractivity contribution in [2.75, 3.05) is 39.2 Å². The average Bonchev–Trinajstić information content (AvgIpc) is 3.72. The van der Waals surface area contributed by atoms with Crippen molar-refractivity contribution in [3.63, 3.8) is 0 Å². The molecule has 0 saturated carbocycles. The van der Waals surface area contributed by atoms with Gasteiger partial charge in [0.2, 0.25) is 10.9 Å². The molecule has 1 aromatic heterocycles. The normalized spacial score (nSPS) is 29.5. The first-order chi connectivity index (χ1) is 31.3. The highest BCUT2D eigenvalue weighted by Gasteiger charge is 2.49. The van der Waals surface area contributed by atoms with Gasteiger partial charge < -0.3 is 58.4 Å². The zero-order valence-corrected chi connectivity index (χ0v) is 38.1. The molecule has 3 aromatic carbocycles. The van der Waals surface area contributed by atoms with Gasteiger partial charge in [0.25, 0.3) is 5.91 Å². The van der Waals surface area contributed by atoms with Crippen molar-refractivity contribution >= 4 is 56.3 Å². The van der Waals surface area contributed by atoms with Gasteiger partial charge in [-0.3, -0.25) is 19.2 Å². The second-order valence-corrected chi connectivity index (χ2v) is 17.9. The number of anilines is 1. The number of methoxy groups -OCH3 is 1. The van der Waals surface area contributed by atoms with Gasteiger partial charge in [-0.05, 0) is 64.4 Å². The number of phenols is 1. The summed E-state index contributed by atoms with van der Waals surface area (Å²) >= 11 is 0. The Morgan fingerprint density at radius 3 is 2.50 bits per heavy atom. The van der Waals surface area contributed by atoms with Gasteiger partial charge in [0.05, 0.1) is 41.8 Å². The van der Waals surface area contributed by atoms with Crippen molar-refractivity contribution < 1.29 is 57.7 Å². The van der Waals surface area contributed by atoms with E-state index in [1.807, 2.05) is 0 Å². The lowest BCUT2D eigenvalue weighted by Crippen LogP contribution is -2.46. The molecule has 350 valence electrons. The van der Waals surface area contributed by atoms with Crippen LogP contribution < -0.4 is 30.9 Å². The van der Waals surface area contributed by atoms with E-state index >= 15 is 0 Å². The maximum atomic E-state index is 14.8. The lowest BCUT2D eigenvalue weighted by molar-refractivity contribution is -0.166. The lowest BCUT2D eigenvalue weighted by atomic mass is 9.87. The number of nitrogens with one attached hydrogen (secondary N) is 1. The van der Waals surface area contributed by atoms with Crippen LogP contribution in [0.4, 0.5) is 5.69 Å². The number of aromatic hydroxyl groups is 1. The van der Waals surface area contributed by atoms with Crippen LogP contribution in [0.25, 0.3) is 38.7 Å². The van der Waals surface area contributed by atoms with Crippen LogP contribution >= 0.6 is 0 Å². The topological polar surface area (TPSA) is 226 Å². The fraction of sp³-hybridized carbons (Fsp3) is 0.449. The van der Waals surface area contributed by atoms with Crippen LogP contribution in [0.2, 0.25) is 0 Å². The molecule has 9 rings (SSSR count). The van der Waals surface area contributed by atoms with Crippen LogP contribution in [0.1, 0.15) is 53.0 Å². The van der Waals surface area contributed by atoms with Gasteiger partial charge in [-0.25, -0.2) is 4.98 Å². The molecule has 0 aliphatic carbocycles. The highest BCUT2D eigenvalue weighted by molar-refractivity contribution is 6.16. The van der Waals surface area contributed by atoms with Crippen molar-refractivity contribution in [3.8, 4) is 17.2 Å². The SMILES string of the molecule is C=C1/C=C/C=C(/C)C(=O)Nc2c(=O)c3c(O)c(C)c4c(c3c3nc5c(=O)cc(OCC6CCN(C)CC6)cc5oc23)=C(O)[C@@](C)(O/C=C/[C@H](OC)[C@@H](C)[C@@H](OC(C)=O)[C@@H]2O[C@@H]1[C@@H](C)[C@H]2O)O4. The van der Waals surface area contributed by atoms with Crippen molar-refractivity contribution in [3.05, 3.63) is 91.7 Å². The van der Waals surface area contributed by atoms with Gasteiger partial charge in [0, 0.05) is 61.4 Å². The van der Waals surface area contributed by atoms with Gasteiger partial charge in [-0.15, -0.1) is 0 Å².